The Kier molecular flexibility index (Phi) is 28.2. The van der Waals surface area contributed by atoms with Crippen LogP contribution in [0.5, 0.6) is 0 Å². The van der Waals surface area contributed by atoms with E-state index in [-0.39, 0.29) is 38.1 Å². The second-order valence-corrected chi connectivity index (χ2v) is 26.2. The highest BCUT2D eigenvalue weighted by atomic mass is 16.6. The first-order valence-electron chi connectivity index (χ1n) is 31.9. The van der Waals surface area contributed by atoms with Gasteiger partial charge in [0.05, 0.1) is 5.60 Å². The number of allylic oxidation sites excluding steroid dienone is 1. The molecule has 2 aromatic carbocycles. The number of nitrogens with one attached hydrogen (secondary N) is 3. The van der Waals surface area contributed by atoms with Crippen molar-refractivity contribution in [2.75, 3.05) is 34.7 Å². The quantitative estimate of drug-likeness (QED) is 0.0802. The van der Waals surface area contributed by atoms with Crippen molar-refractivity contribution in [3.8, 4) is 0 Å². The monoisotopic (exact) mass is 1210 g/mol. The number of ether oxygens (including phenoxy) is 1. The number of esters is 1. The van der Waals surface area contributed by atoms with Crippen LogP contribution in [0.4, 0.5) is 0 Å². The smallest absolute Gasteiger partial charge is 0.332 e. The maximum absolute atomic E-state index is 15.6. The number of cyclic esters (lactones) is 1. The molecule has 2 aliphatic heterocycles. The van der Waals surface area contributed by atoms with Gasteiger partial charge in [-0.2, -0.15) is 0 Å². The highest BCUT2D eigenvalue weighted by Crippen LogP contribution is 2.28. The van der Waals surface area contributed by atoms with Crippen LogP contribution in [0.3, 0.4) is 0 Å². The van der Waals surface area contributed by atoms with Crippen LogP contribution in [-0.4, -0.2) is 178 Å². The molecule has 0 aliphatic carbocycles. The summed E-state index contributed by atoms with van der Waals surface area (Å²) in [6, 6.07) is 6.66. The first-order chi connectivity index (χ1) is 40.9. The maximum Gasteiger partial charge on any atom is 0.332 e. The molecule has 87 heavy (non-hydrogen) atoms. The number of benzene rings is 2. The van der Waals surface area contributed by atoms with Gasteiger partial charge in [-0.1, -0.05) is 169 Å². The Morgan fingerprint density at radius 1 is 0.621 bits per heavy atom. The highest BCUT2D eigenvalue weighted by molar-refractivity contribution is 5.99. The van der Waals surface area contributed by atoms with Gasteiger partial charge in [-0.05, 0) is 92.7 Å². The summed E-state index contributed by atoms with van der Waals surface area (Å²) in [4.78, 5) is 142. The Morgan fingerprint density at radius 3 is 1.76 bits per heavy atom. The van der Waals surface area contributed by atoms with Gasteiger partial charge in [0.15, 0.2) is 12.1 Å². The molecule has 0 bridgehead atoms. The number of hydrogen-bond donors (Lipinski definition) is 4. The minimum Gasteiger partial charge on any atom is -0.450 e. The third kappa shape index (κ3) is 19.7. The summed E-state index contributed by atoms with van der Waals surface area (Å²) in [6.07, 6.45) is 9.60. The van der Waals surface area contributed by atoms with E-state index in [1.807, 2.05) is 88.4 Å². The molecule has 0 radical (unpaired) electrons. The van der Waals surface area contributed by atoms with Crippen molar-refractivity contribution >= 4 is 59.3 Å². The number of likely N-dealkylation sites (N-methyl/N-ethyl adjacent to an activating group) is 4. The van der Waals surface area contributed by atoms with E-state index in [0.29, 0.717) is 24.8 Å². The fourth-order valence-electron chi connectivity index (χ4n) is 12.1. The van der Waals surface area contributed by atoms with Crippen molar-refractivity contribution in [3.05, 3.63) is 77.4 Å². The lowest BCUT2D eigenvalue weighted by Crippen LogP contribution is -2.63. The number of unbranched alkanes of at least 4 members (excludes halogenated alkanes) is 4. The third-order valence-electron chi connectivity index (χ3n) is 17.5. The number of aliphatic hydroxyl groups is 1. The van der Waals surface area contributed by atoms with Gasteiger partial charge in [0.1, 0.15) is 42.3 Å². The Morgan fingerprint density at radius 2 is 1.20 bits per heavy atom. The van der Waals surface area contributed by atoms with Gasteiger partial charge < -0.3 is 50.3 Å². The summed E-state index contributed by atoms with van der Waals surface area (Å²) in [5, 5.41) is 20.6. The normalized spacial score (nSPS) is 25.3. The van der Waals surface area contributed by atoms with Crippen molar-refractivity contribution < 1.29 is 53.0 Å². The number of hydrogen-bond acceptors (Lipinski definition) is 11. The van der Waals surface area contributed by atoms with Gasteiger partial charge in [0.25, 0.3) is 5.91 Å². The number of nitrogens with zero attached hydrogens (tertiary/aromatic N) is 5. The van der Waals surface area contributed by atoms with Crippen molar-refractivity contribution in [1.29, 1.82) is 0 Å². The van der Waals surface area contributed by atoms with Crippen molar-refractivity contribution in [2.24, 2.45) is 29.6 Å². The molecular weight excluding hydrogens is 1100 g/mol. The average molecular weight is 1210 g/mol. The average Bonchev–Trinajstić information content (AvgIpc) is 2.30. The Balaban J connectivity index is 1.99. The lowest BCUT2D eigenvalue weighted by Gasteiger charge is -2.39. The number of carbonyl (C=O) groups is 9. The molecule has 19 heteroatoms. The first-order valence-corrected chi connectivity index (χ1v) is 31.9. The Bertz CT molecular complexity index is 2670. The van der Waals surface area contributed by atoms with Crippen LogP contribution >= 0.6 is 0 Å². The maximum atomic E-state index is 15.6. The Labute approximate surface area is 519 Å². The third-order valence-corrected chi connectivity index (χ3v) is 17.5. The van der Waals surface area contributed by atoms with E-state index in [2.05, 4.69) is 29.0 Å². The standard InChI is InChI=1S/C68H106N8O11/c1-18-21-22-23-24-26-31-47-34-29-35-49(39-47)41-53-64(82)76-37-30-36-52(76)59(77)71-54(45(10)19-2)65(83)73(15)55(43(6)7)60(78)69-50(38-42(4)5)63(81)75(17)58(68(12,13)86)67(85)87-57(46(11)20-3)66(84)74(16)56(44(8)9)61(79)70-51(62(80)72(53)14)40-48-32-27-25-28-33-48/h25-29,31-35,39,42-46,50-58,86H,18-24,30,36-38,40-41H2,1-17H3,(H,69,78)(H,70,79)(H,71,77)/b31-26+/t45?,46?,50-,51-,52-,53-,54-,55-,56-,57+,58+/m0/s1. The summed E-state index contributed by atoms with van der Waals surface area (Å²) in [7, 11) is 5.72. The molecule has 484 valence electrons. The predicted molar refractivity (Wildman–Crippen MR) is 339 cm³/mol. The number of carbonyl (C=O) groups excluding carboxylic acids is 9. The summed E-state index contributed by atoms with van der Waals surface area (Å²) < 4.78 is 6.13. The van der Waals surface area contributed by atoms with E-state index in [9.17, 15) is 24.3 Å². The van der Waals surface area contributed by atoms with Crippen molar-refractivity contribution in [3.63, 3.8) is 0 Å². The van der Waals surface area contributed by atoms with Crippen LogP contribution in [0.1, 0.15) is 171 Å². The fraction of sp³-hybridized carbons (Fsp3) is 0.662. The molecular formula is C68H106N8O11. The molecule has 0 saturated carbocycles. The van der Waals surface area contributed by atoms with E-state index in [4.69, 9.17) is 4.74 Å². The van der Waals surface area contributed by atoms with E-state index in [1.165, 1.54) is 61.6 Å². The largest absolute Gasteiger partial charge is 0.450 e. The summed E-state index contributed by atoms with van der Waals surface area (Å²) >= 11 is 0. The van der Waals surface area contributed by atoms with Crippen LogP contribution in [-0.2, 0) is 60.7 Å². The molecule has 2 saturated heterocycles. The number of amides is 8. The number of fused-ring (bicyclic) bond motifs is 1. The van der Waals surface area contributed by atoms with Gasteiger partial charge in [0, 0.05) is 53.5 Å². The summed E-state index contributed by atoms with van der Waals surface area (Å²) in [6.45, 7) is 22.9. The second kappa shape index (κ2) is 33.6. The number of rotatable bonds is 19. The molecule has 4 rings (SSSR count). The zero-order chi connectivity index (χ0) is 65.2. The molecule has 11 atom stereocenters. The minimum absolute atomic E-state index is 0.0135. The lowest BCUT2D eigenvalue weighted by atomic mass is 9.93. The molecule has 0 spiro atoms. The van der Waals surface area contributed by atoms with Gasteiger partial charge in [-0.3, -0.25) is 38.4 Å². The zero-order valence-corrected chi connectivity index (χ0v) is 55.4. The van der Waals surface area contributed by atoms with Crippen LogP contribution in [0.15, 0.2) is 60.7 Å². The van der Waals surface area contributed by atoms with Crippen molar-refractivity contribution in [2.45, 2.75) is 227 Å². The van der Waals surface area contributed by atoms with Crippen LogP contribution in [0, 0.1) is 29.6 Å². The molecule has 0 aromatic heterocycles. The SMILES string of the molecule is CCCCCC/C=C/c1cccc(C[C@H]2C(=O)N3CCC[C@H]3C(=O)N[C@@H](C(C)CC)C(=O)N(C)[C@@H](C(C)C)C(=O)N[C@@H](CC(C)C)C(=O)N(C)[C@@H](C(C)(C)O)C(=O)O[C@H](C(C)CC)C(=O)N(C)[C@@H](C(C)C)C(=O)N[C@@H](Cc3ccccc3)C(=O)N2C)c1. The highest BCUT2D eigenvalue weighted by Gasteiger charge is 2.48. The topological polar surface area (TPSA) is 235 Å². The van der Waals surface area contributed by atoms with Crippen LogP contribution < -0.4 is 16.0 Å². The Hall–Kier alpha value is -6.63. The second-order valence-electron chi connectivity index (χ2n) is 26.2. The van der Waals surface area contributed by atoms with Gasteiger partial charge in [-0.25, -0.2) is 4.79 Å². The summed E-state index contributed by atoms with van der Waals surface area (Å²) in [5.41, 5.74) is 0.364. The lowest BCUT2D eigenvalue weighted by molar-refractivity contribution is -0.177. The van der Waals surface area contributed by atoms with Crippen LogP contribution in [0.2, 0.25) is 0 Å². The van der Waals surface area contributed by atoms with Crippen LogP contribution in [0.25, 0.3) is 6.08 Å². The predicted octanol–water partition coefficient (Wildman–Crippen LogP) is 7.36. The molecule has 2 aromatic rings. The molecule has 8 amide bonds. The molecule has 19 nitrogen and oxygen atoms in total. The van der Waals surface area contributed by atoms with Crippen molar-refractivity contribution in [1.82, 2.24) is 40.4 Å². The summed E-state index contributed by atoms with van der Waals surface area (Å²) in [5.74, 6) is -8.68. The molecule has 2 aliphatic rings. The van der Waals surface area contributed by atoms with E-state index < -0.39 is 137 Å². The van der Waals surface area contributed by atoms with Gasteiger partial charge in [-0.15, -0.1) is 0 Å². The molecule has 2 unspecified atom stereocenters. The van der Waals surface area contributed by atoms with E-state index in [1.54, 1.807) is 41.5 Å². The zero-order valence-electron chi connectivity index (χ0n) is 55.4. The molecule has 4 N–H and O–H groups in total. The van der Waals surface area contributed by atoms with E-state index in [0.717, 1.165) is 48.1 Å². The molecule has 2 heterocycles. The fourth-order valence-corrected chi connectivity index (χ4v) is 12.1. The minimum atomic E-state index is -1.98. The van der Waals surface area contributed by atoms with Gasteiger partial charge >= 0.3 is 5.97 Å². The van der Waals surface area contributed by atoms with E-state index >= 15 is 24.0 Å². The first kappa shape index (κ1) is 72.8. The molecule has 2 fully saturated rings. The van der Waals surface area contributed by atoms with Gasteiger partial charge in [0.2, 0.25) is 41.4 Å².